The molecule has 0 aliphatic heterocycles. The van der Waals surface area contributed by atoms with Gasteiger partial charge in [0.05, 0.1) is 23.7 Å². The fraction of sp³-hybridized carbons (Fsp3) is 0.692. The average Bonchev–Trinajstić information content (AvgIpc) is 3.44. The second kappa shape index (κ2) is 13.8. The number of carbonyl (C=O) groups excluding carboxylic acids is 2. The number of ether oxygens (including phenoxy) is 2. The second-order valence-electron chi connectivity index (χ2n) is 15.4. The first-order valence-electron chi connectivity index (χ1n) is 17.9. The molecule has 2 saturated carbocycles. The highest BCUT2D eigenvalue weighted by Crippen LogP contribution is 2.76. The number of unbranched alkanes of at least 4 members (excludes halogenated alkanes) is 8. The van der Waals surface area contributed by atoms with E-state index in [1.165, 1.54) is 38.5 Å². The predicted molar refractivity (Wildman–Crippen MR) is 179 cm³/mol. The van der Waals surface area contributed by atoms with Gasteiger partial charge in [-0.3, -0.25) is 4.79 Å². The van der Waals surface area contributed by atoms with E-state index in [0.29, 0.717) is 24.0 Å². The third kappa shape index (κ3) is 5.81. The summed E-state index contributed by atoms with van der Waals surface area (Å²) in [7, 11) is 0. The van der Waals surface area contributed by atoms with Crippen LogP contribution in [0.4, 0.5) is 0 Å². The molecule has 1 spiro atoms. The van der Waals surface area contributed by atoms with Gasteiger partial charge >= 0.3 is 11.9 Å². The molecular weight excluding hydrogens is 596 g/mol. The van der Waals surface area contributed by atoms with Gasteiger partial charge < -0.3 is 29.9 Å². The van der Waals surface area contributed by atoms with E-state index in [1.807, 2.05) is 20.8 Å². The monoisotopic (exact) mass is 652 g/mol. The Morgan fingerprint density at radius 3 is 2.19 bits per heavy atom. The van der Waals surface area contributed by atoms with E-state index in [-0.39, 0.29) is 17.5 Å². The van der Waals surface area contributed by atoms with Gasteiger partial charge in [-0.05, 0) is 49.0 Å². The fourth-order valence-electron chi connectivity index (χ4n) is 9.78. The zero-order valence-corrected chi connectivity index (χ0v) is 28.9. The van der Waals surface area contributed by atoms with E-state index in [2.05, 4.69) is 6.92 Å². The minimum absolute atomic E-state index is 0.147. The largest absolute Gasteiger partial charge is 0.458 e. The lowest BCUT2D eigenvalue weighted by Gasteiger charge is -2.52. The first kappa shape index (κ1) is 35.8. The zero-order chi connectivity index (χ0) is 34.2. The van der Waals surface area contributed by atoms with Crippen LogP contribution in [0, 0.1) is 28.6 Å². The normalized spacial score (nSPS) is 36.6. The van der Waals surface area contributed by atoms with Crippen LogP contribution < -0.4 is 0 Å². The van der Waals surface area contributed by atoms with Gasteiger partial charge in [-0.2, -0.15) is 0 Å². The van der Waals surface area contributed by atoms with Crippen molar-refractivity contribution < 1.29 is 39.5 Å². The van der Waals surface area contributed by atoms with E-state index in [4.69, 9.17) is 9.47 Å². The number of hydrogen-bond donors (Lipinski definition) is 4. The summed E-state index contributed by atoms with van der Waals surface area (Å²) in [6.07, 6.45) is 10.3. The maximum absolute atomic E-state index is 13.4. The lowest BCUT2D eigenvalue weighted by Crippen LogP contribution is -2.67. The van der Waals surface area contributed by atoms with Crippen LogP contribution in [0.25, 0.3) is 0 Å². The molecule has 260 valence electrons. The first-order valence-corrected chi connectivity index (χ1v) is 17.9. The topological polar surface area (TPSA) is 134 Å². The fourth-order valence-corrected chi connectivity index (χ4v) is 9.78. The van der Waals surface area contributed by atoms with Crippen LogP contribution in [0.2, 0.25) is 0 Å². The maximum atomic E-state index is 13.4. The number of hydrogen-bond acceptors (Lipinski definition) is 8. The van der Waals surface area contributed by atoms with Crippen molar-refractivity contribution in [3.8, 4) is 0 Å². The van der Waals surface area contributed by atoms with Crippen LogP contribution in [0.1, 0.15) is 116 Å². The van der Waals surface area contributed by atoms with Crippen molar-refractivity contribution in [1.82, 2.24) is 0 Å². The third-order valence-corrected chi connectivity index (χ3v) is 12.3. The molecule has 0 radical (unpaired) electrons. The van der Waals surface area contributed by atoms with Crippen LogP contribution in [-0.4, -0.2) is 68.5 Å². The Morgan fingerprint density at radius 1 is 0.957 bits per heavy atom. The van der Waals surface area contributed by atoms with Gasteiger partial charge in [-0.1, -0.05) is 109 Å². The van der Waals surface area contributed by atoms with Crippen molar-refractivity contribution in [1.29, 1.82) is 0 Å². The Labute approximate surface area is 280 Å². The minimum atomic E-state index is -2.19. The zero-order valence-electron chi connectivity index (χ0n) is 28.9. The standard InChI is InChI=1S/C39H56O8/c1-6-7-8-9-10-11-12-13-17-20-30(41)47-38-23-26(3)37-22-25(2)34(46-35(44)27-18-15-14-16-19-27)39(37,45)32(42)28(24-40)21-29(33(37)43)31(38)36(38,4)5/h14-16,18-19,21-22,26,29,31-34,40,42-43,45H,6-13,17,20,23-24H2,1-5H3/t26-,29+,31-,32-,33?,34+,37+,38+,39+/m1/s1. The summed E-state index contributed by atoms with van der Waals surface area (Å²) in [5.74, 6) is -2.39. The predicted octanol–water partition coefficient (Wildman–Crippen LogP) is 6.06. The second-order valence-corrected chi connectivity index (χ2v) is 15.4. The van der Waals surface area contributed by atoms with Crippen molar-refractivity contribution in [2.24, 2.45) is 28.6 Å². The molecule has 2 fully saturated rings. The quantitative estimate of drug-likeness (QED) is 0.108. The Kier molecular flexibility index (Phi) is 10.5. The molecule has 9 atom stereocenters. The lowest BCUT2D eigenvalue weighted by atomic mass is 9.58. The number of aliphatic hydroxyl groups excluding tert-OH is 3. The molecule has 47 heavy (non-hydrogen) atoms. The van der Waals surface area contributed by atoms with Gasteiger partial charge in [0.15, 0.2) is 6.10 Å². The molecular formula is C39H56O8. The van der Waals surface area contributed by atoms with Crippen LogP contribution in [-0.2, 0) is 14.3 Å². The van der Waals surface area contributed by atoms with Gasteiger partial charge in [0, 0.05) is 23.7 Å². The number of carbonyl (C=O) groups is 2. The van der Waals surface area contributed by atoms with Gasteiger partial charge in [0.1, 0.15) is 17.3 Å². The molecule has 1 aromatic carbocycles. The molecule has 0 amide bonds. The molecule has 0 heterocycles. The molecule has 8 heteroatoms. The Balaban J connectivity index is 1.39. The van der Waals surface area contributed by atoms with Gasteiger partial charge in [0.2, 0.25) is 0 Å². The smallest absolute Gasteiger partial charge is 0.338 e. The SMILES string of the molecule is CCCCCCCCCCCC(=O)O[C@@]12C[C@@H](C)[C@]34C=C(C)[C@H](OC(=O)c5ccccc5)[C@@]3(O)[C@H](O)C(CO)=C[C@H](C4O)[C@@H]1C2(C)C. The van der Waals surface area contributed by atoms with Crippen LogP contribution >= 0.6 is 0 Å². The molecule has 4 aliphatic rings. The summed E-state index contributed by atoms with van der Waals surface area (Å²) in [6.45, 7) is 9.37. The highest BCUT2D eigenvalue weighted by molar-refractivity contribution is 5.89. The molecule has 4 N–H and O–H groups in total. The van der Waals surface area contributed by atoms with Crippen molar-refractivity contribution in [3.05, 3.63) is 59.2 Å². The molecule has 4 aliphatic carbocycles. The number of esters is 2. The molecule has 8 nitrogen and oxygen atoms in total. The summed E-state index contributed by atoms with van der Waals surface area (Å²) in [5, 5.41) is 47.6. The summed E-state index contributed by atoms with van der Waals surface area (Å²) < 4.78 is 12.4. The van der Waals surface area contributed by atoms with Crippen LogP contribution in [0.3, 0.4) is 0 Å². The molecule has 5 rings (SSSR count). The van der Waals surface area contributed by atoms with Crippen molar-refractivity contribution in [2.45, 2.75) is 135 Å². The number of fused-ring (bicyclic) bond motifs is 3. The van der Waals surface area contributed by atoms with E-state index in [0.717, 1.165) is 19.3 Å². The van der Waals surface area contributed by atoms with Crippen molar-refractivity contribution in [2.75, 3.05) is 6.61 Å². The summed E-state index contributed by atoms with van der Waals surface area (Å²) in [6, 6.07) is 8.43. The lowest BCUT2D eigenvalue weighted by molar-refractivity contribution is -0.217. The molecule has 2 bridgehead atoms. The molecule has 0 saturated heterocycles. The summed E-state index contributed by atoms with van der Waals surface area (Å²) >= 11 is 0. The molecule has 1 aromatic rings. The van der Waals surface area contributed by atoms with E-state index in [1.54, 1.807) is 49.4 Å². The Bertz CT molecular complexity index is 1350. The van der Waals surface area contributed by atoms with Crippen molar-refractivity contribution in [3.63, 3.8) is 0 Å². The van der Waals surface area contributed by atoms with Gasteiger partial charge in [-0.25, -0.2) is 4.79 Å². The Hall–Kier alpha value is -2.52. The number of benzene rings is 1. The number of rotatable bonds is 14. The first-order chi connectivity index (χ1) is 22.3. The van der Waals surface area contributed by atoms with Gasteiger partial charge in [0.25, 0.3) is 0 Å². The summed E-state index contributed by atoms with van der Waals surface area (Å²) in [5.41, 5.74) is -4.11. The van der Waals surface area contributed by atoms with Gasteiger partial charge in [-0.15, -0.1) is 0 Å². The highest BCUT2D eigenvalue weighted by atomic mass is 16.6. The van der Waals surface area contributed by atoms with Crippen molar-refractivity contribution >= 4 is 11.9 Å². The molecule has 0 aromatic heterocycles. The van der Waals surface area contributed by atoms with Crippen LogP contribution in [0.15, 0.2) is 53.6 Å². The van der Waals surface area contributed by atoms with E-state index < -0.39 is 64.8 Å². The third-order valence-electron chi connectivity index (χ3n) is 12.3. The highest BCUT2D eigenvalue weighted by Gasteiger charge is 2.83. The summed E-state index contributed by atoms with van der Waals surface area (Å²) in [4.78, 5) is 26.7. The Morgan fingerprint density at radius 2 is 1.57 bits per heavy atom. The average molecular weight is 653 g/mol. The molecule has 1 unspecified atom stereocenters. The van der Waals surface area contributed by atoms with E-state index in [9.17, 15) is 30.0 Å². The van der Waals surface area contributed by atoms with E-state index >= 15 is 0 Å². The maximum Gasteiger partial charge on any atom is 0.338 e. The van der Waals surface area contributed by atoms with Crippen LogP contribution in [0.5, 0.6) is 0 Å². The minimum Gasteiger partial charge on any atom is -0.458 e. The number of aliphatic hydroxyl groups is 4.